The van der Waals surface area contributed by atoms with E-state index >= 15 is 0 Å². The van der Waals surface area contributed by atoms with Crippen LogP contribution in [0.2, 0.25) is 5.02 Å². The molecule has 1 atom stereocenters. The smallest absolute Gasteiger partial charge is 0.124 e. The van der Waals surface area contributed by atoms with Gasteiger partial charge in [0.05, 0.1) is 12.6 Å². The molecule has 0 saturated heterocycles. The van der Waals surface area contributed by atoms with Crippen LogP contribution in [0.25, 0.3) is 0 Å². The summed E-state index contributed by atoms with van der Waals surface area (Å²) in [4.78, 5) is 0. The van der Waals surface area contributed by atoms with E-state index in [-0.39, 0.29) is 11.9 Å². The highest BCUT2D eigenvalue weighted by Crippen LogP contribution is 2.24. The molecule has 0 amide bonds. The molecule has 1 rings (SSSR count). The number of rotatable bonds is 6. The van der Waals surface area contributed by atoms with E-state index in [0.29, 0.717) is 11.6 Å². The van der Waals surface area contributed by atoms with Gasteiger partial charge in [0.25, 0.3) is 0 Å². The van der Waals surface area contributed by atoms with Crippen LogP contribution in [0.4, 0.5) is 4.39 Å². The lowest BCUT2D eigenvalue weighted by Gasteiger charge is -2.19. The van der Waals surface area contributed by atoms with Crippen LogP contribution < -0.4 is 5.32 Å². The first-order valence-corrected chi connectivity index (χ1v) is 5.74. The Morgan fingerprint density at radius 3 is 2.81 bits per heavy atom. The van der Waals surface area contributed by atoms with Gasteiger partial charge in [-0.2, -0.15) is 0 Å². The van der Waals surface area contributed by atoms with Gasteiger partial charge in [-0.3, -0.25) is 0 Å². The monoisotopic (exact) mass is 245 g/mol. The normalized spacial score (nSPS) is 12.8. The molecule has 1 unspecified atom stereocenters. The average molecular weight is 246 g/mol. The molecule has 90 valence electrons. The van der Waals surface area contributed by atoms with E-state index in [2.05, 4.69) is 12.2 Å². The van der Waals surface area contributed by atoms with Crippen molar-refractivity contribution in [1.29, 1.82) is 0 Å². The lowest BCUT2D eigenvalue weighted by molar-refractivity contribution is 0.167. The lowest BCUT2D eigenvalue weighted by Crippen LogP contribution is -2.26. The number of ether oxygens (including phenoxy) is 1. The molecule has 0 bridgehead atoms. The largest absolute Gasteiger partial charge is 0.383 e. The summed E-state index contributed by atoms with van der Waals surface area (Å²) in [6.45, 7) is 3.48. The second-order valence-electron chi connectivity index (χ2n) is 3.63. The van der Waals surface area contributed by atoms with Gasteiger partial charge in [-0.05, 0) is 30.7 Å². The van der Waals surface area contributed by atoms with Crippen molar-refractivity contribution in [3.05, 3.63) is 34.6 Å². The highest BCUT2D eigenvalue weighted by atomic mass is 35.5. The third-order valence-electron chi connectivity index (χ3n) is 2.31. The molecule has 0 aliphatic heterocycles. The number of halogens is 2. The van der Waals surface area contributed by atoms with Gasteiger partial charge < -0.3 is 10.1 Å². The van der Waals surface area contributed by atoms with Crippen LogP contribution in [0, 0.1) is 5.82 Å². The van der Waals surface area contributed by atoms with Gasteiger partial charge in [-0.25, -0.2) is 4.39 Å². The van der Waals surface area contributed by atoms with E-state index in [0.717, 1.165) is 18.5 Å². The molecule has 0 aliphatic carbocycles. The minimum Gasteiger partial charge on any atom is -0.383 e. The predicted octanol–water partition coefficient (Wildman–Crippen LogP) is 3.17. The van der Waals surface area contributed by atoms with Crippen molar-refractivity contribution in [3.63, 3.8) is 0 Å². The third kappa shape index (κ3) is 3.74. The summed E-state index contributed by atoms with van der Waals surface area (Å²) in [5.41, 5.74) is 0.873. The molecule has 0 fully saturated rings. The Bertz CT molecular complexity index is 333. The highest BCUT2D eigenvalue weighted by molar-refractivity contribution is 6.31. The first kappa shape index (κ1) is 13.4. The molecule has 1 N–H and O–H groups in total. The van der Waals surface area contributed by atoms with Crippen molar-refractivity contribution in [3.8, 4) is 0 Å². The van der Waals surface area contributed by atoms with E-state index in [4.69, 9.17) is 16.3 Å². The van der Waals surface area contributed by atoms with Crippen LogP contribution in [0.5, 0.6) is 0 Å². The molecule has 0 spiro atoms. The molecule has 1 aromatic rings. The Labute approximate surface area is 101 Å². The molecular formula is C12H17ClFNO. The highest BCUT2D eigenvalue weighted by Gasteiger charge is 2.14. The van der Waals surface area contributed by atoms with Crippen molar-refractivity contribution in [2.75, 3.05) is 20.3 Å². The molecule has 0 heterocycles. The van der Waals surface area contributed by atoms with Crippen LogP contribution in [-0.4, -0.2) is 20.3 Å². The summed E-state index contributed by atoms with van der Waals surface area (Å²) < 4.78 is 18.0. The molecule has 16 heavy (non-hydrogen) atoms. The Morgan fingerprint density at radius 1 is 1.50 bits per heavy atom. The molecular weight excluding hydrogens is 229 g/mol. The molecule has 0 saturated carbocycles. The number of benzene rings is 1. The number of hydrogen-bond donors (Lipinski definition) is 1. The van der Waals surface area contributed by atoms with E-state index in [1.54, 1.807) is 13.2 Å². The first-order valence-electron chi connectivity index (χ1n) is 5.36. The summed E-state index contributed by atoms with van der Waals surface area (Å²) in [6, 6.07) is 4.45. The summed E-state index contributed by atoms with van der Waals surface area (Å²) >= 11 is 6.00. The Kier molecular flexibility index (Phi) is 5.74. The van der Waals surface area contributed by atoms with Crippen molar-refractivity contribution < 1.29 is 9.13 Å². The topological polar surface area (TPSA) is 21.3 Å². The van der Waals surface area contributed by atoms with Crippen molar-refractivity contribution in [2.24, 2.45) is 0 Å². The van der Waals surface area contributed by atoms with E-state index in [9.17, 15) is 4.39 Å². The predicted molar refractivity (Wildman–Crippen MR) is 64.3 cm³/mol. The van der Waals surface area contributed by atoms with Crippen LogP contribution in [0.3, 0.4) is 0 Å². The van der Waals surface area contributed by atoms with Crippen molar-refractivity contribution >= 4 is 11.6 Å². The second-order valence-corrected chi connectivity index (χ2v) is 4.04. The zero-order valence-corrected chi connectivity index (χ0v) is 10.4. The van der Waals surface area contributed by atoms with Gasteiger partial charge in [0.1, 0.15) is 5.82 Å². The quantitative estimate of drug-likeness (QED) is 0.831. The standard InChI is InChI=1S/C12H17ClFNO/c1-3-6-15-12(8-16-2)10-5-4-9(14)7-11(10)13/h4-5,7,12,15H,3,6,8H2,1-2H3. The Morgan fingerprint density at radius 2 is 2.25 bits per heavy atom. The van der Waals surface area contributed by atoms with Crippen LogP contribution in [0.1, 0.15) is 24.9 Å². The fourth-order valence-electron chi connectivity index (χ4n) is 1.53. The Balaban J connectivity index is 2.82. The van der Waals surface area contributed by atoms with Gasteiger partial charge in [0, 0.05) is 12.1 Å². The minimum atomic E-state index is -0.319. The maximum atomic E-state index is 12.9. The fraction of sp³-hybridized carbons (Fsp3) is 0.500. The van der Waals surface area contributed by atoms with Crippen molar-refractivity contribution in [1.82, 2.24) is 5.32 Å². The second kappa shape index (κ2) is 6.84. The van der Waals surface area contributed by atoms with E-state index in [1.165, 1.54) is 12.1 Å². The summed E-state index contributed by atoms with van der Waals surface area (Å²) in [5.74, 6) is -0.319. The van der Waals surface area contributed by atoms with E-state index in [1.807, 2.05) is 0 Å². The number of methoxy groups -OCH3 is 1. The summed E-state index contributed by atoms with van der Waals surface area (Å²) in [7, 11) is 1.64. The third-order valence-corrected chi connectivity index (χ3v) is 2.64. The van der Waals surface area contributed by atoms with Gasteiger partial charge in [0.15, 0.2) is 0 Å². The average Bonchev–Trinajstić information content (AvgIpc) is 2.25. The van der Waals surface area contributed by atoms with E-state index < -0.39 is 0 Å². The van der Waals surface area contributed by atoms with Gasteiger partial charge in [-0.1, -0.05) is 24.6 Å². The van der Waals surface area contributed by atoms with Crippen LogP contribution >= 0.6 is 11.6 Å². The Hall–Kier alpha value is -0.640. The summed E-state index contributed by atoms with van der Waals surface area (Å²) in [5, 5.41) is 3.75. The van der Waals surface area contributed by atoms with Gasteiger partial charge in [-0.15, -0.1) is 0 Å². The van der Waals surface area contributed by atoms with Crippen molar-refractivity contribution in [2.45, 2.75) is 19.4 Å². The molecule has 2 nitrogen and oxygen atoms in total. The fourth-order valence-corrected chi connectivity index (χ4v) is 1.83. The lowest BCUT2D eigenvalue weighted by atomic mass is 10.1. The number of hydrogen-bond acceptors (Lipinski definition) is 2. The summed E-state index contributed by atoms with van der Waals surface area (Å²) in [6.07, 6.45) is 1.03. The molecule has 0 radical (unpaired) electrons. The van der Waals surface area contributed by atoms with Gasteiger partial charge in [0.2, 0.25) is 0 Å². The first-order chi connectivity index (χ1) is 7.69. The van der Waals surface area contributed by atoms with Gasteiger partial charge >= 0.3 is 0 Å². The maximum absolute atomic E-state index is 12.9. The molecule has 1 aromatic carbocycles. The zero-order chi connectivity index (χ0) is 12.0. The van der Waals surface area contributed by atoms with Crippen LogP contribution in [0.15, 0.2) is 18.2 Å². The molecule has 0 aliphatic rings. The zero-order valence-electron chi connectivity index (χ0n) is 9.59. The minimum absolute atomic E-state index is 0.0121. The number of nitrogens with one attached hydrogen (secondary N) is 1. The molecule has 0 aromatic heterocycles. The SMILES string of the molecule is CCCNC(COC)c1ccc(F)cc1Cl. The molecule has 4 heteroatoms. The maximum Gasteiger partial charge on any atom is 0.124 e. The van der Waals surface area contributed by atoms with Crippen LogP contribution in [-0.2, 0) is 4.74 Å².